The van der Waals surface area contributed by atoms with Crippen LogP contribution in [-0.4, -0.2) is 9.13 Å². The predicted octanol–water partition coefficient (Wildman–Crippen LogP) is 10.7. The van der Waals surface area contributed by atoms with Gasteiger partial charge in [-0.3, -0.25) is 0 Å². The van der Waals surface area contributed by atoms with Crippen molar-refractivity contribution in [2.75, 3.05) is 0 Å². The molecule has 0 bridgehead atoms. The van der Waals surface area contributed by atoms with Gasteiger partial charge in [-0.2, -0.15) is 10.5 Å². The van der Waals surface area contributed by atoms with Crippen molar-refractivity contribution < 1.29 is 4.74 Å². The molecule has 10 rings (SSSR count). The van der Waals surface area contributed by atoms with Crippen LogP contribution in [0.15, 0.2) is 127 Å². The number of nitriles is 2. The number of ether oxygens (including phenoxy) is 1. The first-order chi connectivity index (χ1) is 24.7. The number of nitrogens with zero attached hydrogens (tertiary/aromatic N) is 4. The van der Waals surface area contributed by atoms with Crippen molar-refractivity contribution in [3.05, 3.63) is 155 Å². The standard InChI is InChI=1S/C45H28N4O/c46-25-28-17-20-41(48-38-14-6-3-11-32(38)33-12-4-7-15-39(33)48)36(23-28)37-24-29(26-47)18-21-42(37)49-40-16-8-5-13-34(40)35-19-22-43-44(45(35)49)31-10-2-1-9-30(31)27-50-43/h1-4,6-12,14-24H,5,13,27H2. The normalized spacial score (nSPS) is 13.0. The molecule has 1 aliphatic heterocycles. The van der Waals surface area contributed by atoms with Gasteiger partial charge in [0, 0.05) is 38.5 Å². The fourth-order valence-corrected chi connectivity index (χ4v) is 8.19. The number of aromatic nitrogens is 2. The summed E-state index contributed by atoms with van der Waals surface area (Å²) in [6.45, 7) is 0.528. The molecule has 0 saturated carbocycles. The number of fused-ring (bicyclic) bond motifs is 10. The molecule has 50 heavy (non-hydrogen) atoms. The van der Waals surface area contributed by atoms with Crippen LogP contribution in [0.4, 0.5) is 0 Å². The van der Waals surface area contributed by atoms with Crippen LogP contribution in [0.25, 0.3) is 72.4 Å². The summed E-state index contributed by atoms with van der Waals surface area (Å²) in [4.78, 5) is 0. The second-order valence-corrected chi connectivity index (χ2v) is 13.0. The molecule has 6 aromatic carbocycles. The zero-order chi connectivity index (χ0) is 33.3. The lowest BCUT2D eigenvalue weighted by Gasteiger charge is -2.24. The Hall–Kier alpha value is -6.82. The van der Waals surface area contributed by atoms with Gasteiger partial charge in [-0.15, -0.1) is 0 Å². The molecule has 2 aliphatic rings. The van der Waals surface area contributed by atoms with Gasteiger partial charge in [-0.1, -0.05) is 66.7 Å². The van der Waals surface area contributed by atoms with E-state index in [1.54, 1.807) is 0 Å². The molecule has 0 spiro atoms. The summed E-state index contributed by atoms with van der Waals surface area (Å²) in [6, 6.07) is 46.4. The largest absolute Gasteiger partial charge is 0.488 e. The second kappa shape index (κ2) is 10.9. The van der Waals surface area contributed by atoms with Crippen LogP contribution in [0.1, 0.15) is 34.4 Å². The zero-order valence-electron chi connectivity index (χ0n) is 27.0. The van der Waals surface area contributed by atoms with Crippen LogP contribution >= 0.6 is 0 Å². The molecule has 0 radical (unpaired) electrons. The van der Waals surface area contributed by atoms with Crippen LogP contribution in [0.5, 0.6) is 5.75 Å². The van der Waals surface area contributed by atoms with Gasteiger partial charge in [-0.05, 0) is 96.3 Å². The third-order valence-corrected chi connectivity index (χ3v) is 10.3. The first-order valence-electron chi connectivity index (χ1n) is 16.9. The van der Waals surface area contributed by atoms with E-state index in [-0.39, 0.29) is 0 Å². The molecule has 0 N–H and O–H groups in total. The number of aryl methyl sites for hydroxylation is 1. The summed E-state index contributed by atoms with van der Waals surface area (Å²) in [5.41, 5.74) is 13.8. The summed E-state index contributed by atoms with van der Waals surface area (Å²) in [6.07, 6.45) is 6.39. The van der Waals surface area contributed by atoms with Crippen LogP contribution in [-0.2, 0) is 13.0 Å². The molecule has 2 aromatic heterocycles. The lowest BCUT2D eigenvalue weighted by molar-refractivity contribution is 0.303. The van der Waals surface area contributed by atoms with Crippen molar-refractivity contribution in [1.29, 1.82) is 10.5 Å². The van der Waals surface area contributed by atoms with E-state index in [4.69, 9.17) is 4.74 Å². The lowest BCUT2D eigenvalue weighted by atomic mass is 9.93. The maximum absolute atomic E-state index is 10.3. The van der Waals surface area contributed by atoms with Crippen LogP contribution in [0, 0.1) is 22.7 Å². The molecule has 8 aromatic rings. The fraction of sp³-hybridized carbons (Fsp3) is 0.0667. The average molecular weight is 641 g/mol. The Kier molecular flexibility index (Phi) is 6.12. The van der Waals surface area contributed by atoms with Gasteiger partial charge in [0.05, 0.1) is 51.2 Å². The summed E-state index contributed by atoms with van der Waals surface area (Å²) >= 11 is 0. The Bertz CT molecular complexity index is 2800. The molecule has 0 fully saturated rings. The maximum atomic E-state index is 10.3. The minimum absolute atomic E-state index is 0.528. The summed E-state index contributed by atoms with van der Waals surface area (Å²) < 4.78 is 11.1. The highest BCUT2D eigenvalue weighted by atomic mass is 16.5. The predicted molar refractivity (Wildman–Crippen MR) is 200 cm³/mol. The maximum Gasteiger partial charge on any atom is 0.129 e. The summed E-state index contributed by atoms with van der Waals surface area (Å²) in [7, 11) is 0. The Morgan fingerprint density at radius 1 is 0.600 bits per heavy atom. The summed E-state index contributed by atoms with van der Waals surface area (Å²) in [5, 5.41) is 24.0. The Morgan fingerprint density at radius 2 is 1.24 bits per heavy atom. The number of hydrogen-bond acceptors (Lipinski definition) is 3. The fourth-order valence-electron chi connectivity index (χ4n) is 8.19. The van der Waals surface area contributed by atoms with Crippen molar-refractivity contribution in [2.45, 2.75) is 19.4 Å². The van der Waals surface area contributed by atoms with E-state index in [0.29, 0.717) is 17.7 Å². The highest BCUT2D eigenvalue weighted by molar-refractivity contribution is 6.10. The minimum atomic E-state index is 0.528. The van der Waals surface area contributed by atoms with E-state index in [1.807, 2.05) is 30.3 Å². The molecule has 234 valence electrons. The average Bonchev–Trinajstić information content (AvgIpc) is 3.70. The quantitative estimate of drug-likeness (QED) is 0.193. The van der Waals surface area contributed by atoms with Gasteiger partial charge in [0.1, 0.15) is 12.4 Å². The molecule has 5 nitrogen and oxygen atoms in total. The van der Waals surface area contributed by atoms with E-state index in [9.17, 15) is 10.5 Å². The van der Waals surface area contributed by atoms with Crippen molar-refractivity contribution in [3.63, 3.8) is 0 Å². The first kappa shape index (κ1) is 28.2. The number of hydrogen-bond donors (Lipinski definition) is 0. The second-order valence-electron chi connectivity index (χ2n) is 13.0. The van der Waals surface area contributed by atoms with E-state index in [1.165, 1.54) is 16.5 Å². The third-order valence-electron chi connectivity index (χ3n) is 10.3. The molecule has 0 atom stereocenters. The smallest absolute Gasteiger partial charge is 0.129 e. The molecule has 1 aliphatic carbocycles. The number of benzene rings is 6. The minimum Gasteiger partial charge on any atom is -0.488 e. The SMILES string of the molecule is N#Cc1ccc(-n2c3c(c4ccc5c(c42)-c2ccccc2CO5)CCC=C3)c(-c2cc(C#N)ccc2-n2c3ccccc3c3ccccc32)c1. The van der Waals surface area contributed by atoms with Gasteiger partial charge >= 0.3 is 0 Å². The Morgan fingerprint density at radius 3 is 1.94 bits per heavy atom. The third kappa shape index (κ3) is 3.98. The molecule has 0 unspecified atom stereocenters. The molecule has 0 amide bonds. The van der Waals surface area contributed by atoms with Crippen LogP contribution in [0.3, 0.4) is 0 Å². The Balaban J connectivity index is 1.35. The van der Waals surface area contributed by atoms with Crippen molar-refractivity contribution >= 4 is 38.8 Å². The zero-order valence-corrected chi connectivity index (χ0v) is 27.0. The van der Waals surface area contributed by atoms with E-state index in [2.05, 4.69) is 124 Å². The highest BCUT2D eigenvalue weighted by Gasteiger charge is 2.28. The van der Waals surface area contributed by atoms with Gasteiger partial charge < -0.3 is 13.9 Å². The molecular weight excluding hydrogens is 613 g/mol. The molecule has 3 heterocycles. The number of para-hydroxylation sites is 2. The van der Waals surface area contributed by atoms with Gasteiger partial charge in [0.25, 0.3) is 0 Å². The number of allylic oxidation sites excluding steroid dienone is 1. The van der Waals surface area contributed by atoms with Crippen molar-refractivity contribution in [3.8, 4) is 51.5 Å². The van der Waals surface area contributed by atoms with E-state index in [0.717, 1.165) is 85.2 Å². The molecular formula is C45H28N4O. The van der Waals surface area contributed by atoms with Crippen LogP contribution < -0.4 is 4.74 Å². The summed E-state index contributed by atoms with van der Waals surface area (Å²) in [5.74, 6) is 0.865. The van der Waals surface area contributed by atoms with Gasteiger partial charge in [-0.25, -0.2) is 0 Å². The monoisotopic (exact) mass is 640 g/mol. The lowest BCUT2D eigenvalue weighted by Crippen LogP contribution is -2.08. The van der Waals surface area contributed by atoms with Crippen molar-refractivity contribution in [2.24, 2.45) is 0 Å². The molecule has 5 heteroatoms. The Labute approximate surface area is 288 Å². The van der Waals surface area contributed by atoms with Crippen LogP contribution in [0.2, 0.25) is 0 Å². The van der Waals surface area contributed by atoms with Crippen molar-refractivity contribution in [1.82, 2.24) is 9.13 Å². The van der Waals surface area contributed by atoms with E-state index >= 15 is 0 Å². The van der Waals surface area contributed by atoms with E-state index < -0.39 is 0 Å². The topological polar surface area (TPSA) is 66.7 Å². The van der Waals surface area contributed by atoms with Gasteiger partial charge in [0.15, 0.2) is 0 Å². The van der Waals surface area contributed by atoms with Gasteiger partial charge in [0.2, 0.25) is 0 Å². The molecule has 0 saturated heterocycles. The highest BCUT2D eigenvalue weighted by Crippen LogP contribution is 2.48. The first-order valence-corrected chi connectivity index (χ1v) is 16.9. The number of rotatable bonds is 3.